The first-order valence-corrected chi connectivity index (χ1v) is 16.3. The molecule has 0 aromatic rings. The van der Waals surface area contributed by atoms with E-state index in [2.05, 4.69) is 41.7 Å². The van der Waals surface area contributed by atoms with E-state index in [1.807, 2.05) is 27.7 Å². The SMILES string of the molecule is C=CCNC(=O)C(=O)C(CCC)NC(=O)[C@@H]1[C@@H]2[C@H](CN1C(=O)[C@@H](NC(=O)N[C@H](COC)C(C)(C)C)C1CCCCC1)C2(C)C. The van der Waals surface area contributed by atoms with Crippen LogP contribution in [0.1, 0.15) is 86.5 Å². The highest BCUT2D eigenvalue weighted by Gasteiger charge is 2.69. The molecule has 1 saturated heterocycles. The smallest absolute Gasteiger partial charge is 0.315 e. The Morgan fingerprint density at radius 1 is 1.05 bits per heavy atom. The average molecular weight is 618 g/mol. The number of nitrogens with zero attached hydrogens (tertiary/aromatic N) is 1. The molecule has 0 bridgehead atoms. The Hall–Kier alpha value is -2.95. The number of hydrogen-bond donors (Lipinski definition) is 4. The van der Waals surface area contributed by atoms with Crippen molar-refractivity contribution in [2.45, 2.75) is 111 Å². The third kappa shape index (κ3) is 8.20. The van der Waals surface area contributed by atoms with Crippen molar-refractivity contribution in [3.05, 3.63) is 12.7 Å². The van der Waals surface area contributed by atoms with Gasteiger partial charge in [0.1, 0.15) is 12.1 Å². The molecule has 11 nitrogen and oxygen atoms in total. The van der Waals surface area contributed by atoms with Crippen molar-refractivity contribution in [2.24, 2.45) is 28.6 Å². The average Bonchev–Trinajstić information content (AvgIpc) is 3.29. The number of ether oxygens (including phenoxy) is 1. The Morgan fingerprint density at radius 2 is 1.70 bits per heavy atom. The molecular weight excluding hydrogens is 562 g/mol. The van der Waals surface area contributed by atoms with Crippen LogP contribution in [0.15, 0.2) is 12.7 Å². The topological polar surface area (TPSA) is 146 Å². The molecule has 0 aromatic heterocycles. The van der Waals surface area contributed by atoms with E-state index in [0.29, 0.717) is 26.0 Å². The van der Waals surface area contributed by atoms with Crippen molar-refractivity contribution in [2.75, 3.05) is 26.8 Å². The minimum atomic E-state index is -0.997. The highest BCUT2D eigenvalue weighted by Crippen LogP contribution is 2.65. The molecule has 4 N–H and O–H groups in total. The van der Waals surface area contributed by atoms with Crippen LogP contribution in [0.25, 0.3) is 0 Å². The number of amides is 5. The van der Waals surface area contributed by atoms with Crippen molar-refractivity contribution >= 4 is 29.5 Å². The highest BCUT2D eigenvalue weighted by atomic mass is 16.5. The van der Waals surface area contributed by atoms with Gasteiger partial charge in [0, 0.05) is 20.2 Å². The number of piperidine rings is 1. The van der Waals surface area contributed by atoms with E-state index >= 15 is 0 Å². The number of likely N-dealkylation sites (tertiary alicyclic amines) is 1. The molecule has 6 atom stereocenters. The molecule has 1 aliphatic heterocycles. The Morgan fingerprint density at radius 3 is 2.27 bits per heavy atom. The van der Waals surface area contributed by atoms with Gasteiger partial charge in [0.2, 0.25) is 17.6 Å². The van der Waals surface area contributed by atoms with E-state index in [-0.39, 0.29) is 47.1 Å². The number of carbonyl (C=O) groups is 5. The number of rotatable bonds is 14. The summed E-state index contributed by atoms with van der Waals surface area (Å²) in [5, 5.41) is 11.3. The molecule has 3 rings (SSSR count). The van der Waals surface area contributed by atoms with E-state index in [4.69, 9.17) is 4.74 Å². The van der Waals surface area contributed by atoms with Gasteiger partial charge < -0.3 is 30.9 Å². The summed E-state index contributed by atoms with van der Waals surface area (Å²) in [6.07, 6.45) is 7.02. The van der Waals surface area contributed by atoms with Crippen molar-refractivity contribution in [3.63, 3.8) is 0 Å². The van der Waals surface area contributed by atoms with Gasteiger partial charge in [-0.25, -0.2) is 4.79 Å². The Labute approximate surface area is 263 Å². The van der Waals surface area contributed by atoms with Gasteiger partial charge in [-0.3, -0.25) is 19.2 Å². The molecule has 1 heterocycles. The third-order valence-electron chi connectivity index (χ3n) is 9.96. The van der Waals surface area contributed by atoms with Crippen LogP contribution in [0.5, 0.6) is 0 Å². The predicted octanol–water partition coefficient (Wildman–Crippen LogP) is 2.93. The van der Waals surface area contributed by atoms with Gasteiger partial charge in [0.25, 0.3) is 5.91 Å². The van der Waals surface area contributed by atoms with E-state index in [9.17, 15) is 24.0 Å². The standard InChI is InChI=1S/C33H55N5O6/c1-9-14-22(27(39)29(41)34-17-10-2)35-28(40)26-24-21(33(24,6)7)18-38(26)30(42)25(20-15-12-11-13-16-20)37-31(43)36-23(19-44-8)32(3,4)5/h10,20-26H,2,9,11-19H2,1,3-8H3,(H,34,41)(H,35,40)(H2,36,37,43)/t21-,22?,23+,24-,25-,26-/m0/s1. The summed E-state index contributed by atoms with van der Waals surface area (Å²) in [5.41, 5.74) is -0.409. The van der Waals surface area contributed by atoms with Crippen molar-refractivity contribution < 1.29 is 28.7 Å². The molecule has 3 aliphatic rings. The highest BCUT2D eigenvalue weighted by molar-refractivity contribution is 6.38. The fourth-order valence-electron chi connectivity index (χ4n) is 7.08. The number of Topliss-reactive ketones (excluding diaryl/α,β-unsaturated/α-hetero) is 1. The summed E-state index contributed by atoms with van der Waals surface area (Å²) >= 11 is 0. The summed E-state index contributed by atoms with van der Waals surface area (Å²) in [6.45, 7) is 16.5. The molecule has 2 aliphatic carbocycles. The lowest BCUT2D eigenvalue weighted by molar-refractivity contribution is -0.144. The number of hydrogen-bond acceptors (Lipinski definition) is 6. The van der Waals surface area contributed by atoms with Crippen LogP contribution >= 0.6 is 0 Å². The van der Waals surface area contributed by atoms with Crippen LogP contribution in [-0.4, -0.2) is 85.4 Å². The largest absolute Gasteiger partial charge is 0.383 e. The summed E-state index contributed by atoms with van der Waals surface area (Å²) in [6, 6.07) is -3.28. The third-order valence-corrected chi connectivity index (χ3v) is 9.96. The lowest BCUT2D eigenvalue weighted by atomic mass is 9.83. The summed E-state index contributed by atoms with van der Waals surface area (Å²) in [4.78, 5) is 68.7. The summed E-state index contributed by atoms with van der Waals surface area (Å²) in [5.74, 6) is -2.18. The zero-order valence-electron chi connectivity index (χ0n) is 27.8. The Bertz CT molecular complexity index is 1080. The second-order valence-corrected chi connectivity index (χ2v) is 14.5. The van der Waals surface area contributed by atoms with Crippen molar-refractivity contribution in [3.8, 4) is 0 Å². The van der Waals surface area contributed by atoms with Gasteiger partial charge in [-0.2, -0.15) is 0 Å². The maximum atomic E-state index is 14.4. The number of methoxy groups -OCH3 is 1. The number of nitrogens with one attached hydrogen (secondary N) is 4. The van der Waals surface area contributed by atoms with E-state index in [1.165, 1.54) is 6.08 Å². The molecular formula is C33H55N5O6. The Kier molecular flexibility index (Phi) is 12.0. The molecule has 2 saturated carbocycles. The molecule has 3 fully saturated rings. The van der Waals surface area contributed by atoms with Crippen molar-refractivity contribution in [1.82, 2.24) is 26.2 Å². The zero-order chi connectivity index (χ0) is 32.8. The van der Waals surface area contributed by atoms with Gasteiger partial charge in [-0.15, -0.1) is 6.58 Å². The normalized spacial score (nSPS) is 24.7. The minimum Gasteiger partial charge on any atom is -0.383 e. The van der Waals surface area contributed by atoms with Crippen molar-refractivity contribution in [1.29, 1.82) is 0 Å². The van der Waals surface area contributed by atoms with Crippen LogP contribution < -0.4 is 21.3 Å². The molecule has 11 heteroatoms. The molecule has 248 valence electrons. The fraction of sp³-hybridized carbons (Fsp3) is 0.788. The number of fused-ring (bicyclic) bond motifs is 1. The molecule has 1 unspecified atom stereocenters. The van der Waals surface area contributed by atoms with E-state index in [1.54, 1.807) is 12.0 Å². The summed E-state index contributed by atoms with van der Waals surface area (Å²) in [7, 11) is 1.59. The first kappa shape index (κ1) is 35.5. The number of urea groups is 1. The van der Waals surface area contributed by atoms with E-state index < -0.39 is 41.8 Å². The Balaban J connectivity index is 1.84. The predicted molar refractivity (Wildman–Crippen MR) is 168 cm³/mol. The molecule has 0 spiro atoms. The maximum Gasteiger partial charge on any atom is 0.315 e. The first-order chi connectivity index (χ1) is 20.7. The molecule has 5 amide bonds. The van der Waals surface area contributed by atoms with E-state index in [0.717, 1.165) is 32.1 Å². The first-order valence-electron chi connectivity index (χ1n) is 16.3. The molecule has 44 heavy (non-hydrogen) atoms. The van der Waals surface area contributed by atoms with Gasteiger partial charge in [0.05, 0.1) is 18.7 Å². The minimum absolute atomic E-state index is 0.0471. The fourth-order valence-corrected chi connectivity index (χ4v) is 7.08. The van der Waals surface area contributed by atoms with Crippen LogP contribution in [0.2, 0.25) is 0 Å². The van der Waals surface area contributed by atoms with Crippen LogP contribution in [-0.2, 0) is 23.9 Å². The second kappa shape index (κ2) is 14.9. The second-order valence-electron chi connectivity index (χ2n) is 14.5. The summed E-state index contributed by atoms with van der Waals surface area (Å²) < 4.78 is 5.34. The number of ketones is 1. The lowest BCUT2D eigenvalue weighted by Crippen LogP contribution is -2.61. The van der Waals surface area contributed by atoms with Gasteiger partial charge >= 0.3 is 6.03 Å². The molecule has 0 aromatic carbocycles. The van der Waals surface area contributed by atoms with Crippen LogP contribution in [0.3, 0.4) is 0 Å². The quantitative estimate of drug-likeness (QED) is 0.174. The monoisotopic (exact) mass is 617 g/mol. The van der Waals surface area contributed by atoms with Gasteiger partial charge in [-0.05, 0) is 47.8 Å². The van der Waals surface area contributed by atoms with Crippen LogP contribution in [0.4, 0.5) is 4.79 Å². The number of carbonyl (C=O) groups excluding carboxylic acids is 5. The zero-order valence-corrected chi connectivity index (χ0v) is 27.8. The van der Waals surface area contributed by atoms with Gasteiger partial charge in [0.15, 0.2) is 0 Å². The lowest BCUT2D eigenvalue weighted by Gasteiger charge is -2.38. The maximum absolute atomic E-state index is 14.4. The molecule has 0 radical (unpaired) electrons. The van der Waals surface area contributed by atoms with Gasteiger partial charge in [-0.1, -0.05) is 73.3 Å². The van der Waals surface area contributed by atoms with Crippen LogP contribution in [0, 0.1) is 28.6 Å².